The number of rotatable bonds is 5. The molecule has 0 N–H and O–H groups in total. The van der Waals surface area contributed by atoms with E-state index in [9.17, 15) is 4.79 Å². The molecule has 0 aliphatic carbocycles. The zero-order chi connectivity index (χ0) is 10.4. The van der Waals surface area contributed by atoms with Crippen molar-refractivity contribution in [2.75, 3.05) is 19.8 Å². The molecule has 0 aromatic carbocycles. The highest BCUT2D eigenvalue weighted by Crippen LogP contribution is 2.12. The second-order valence-corrected chi connectivity index (χ2v) is 4.12. The maximum absolute atomic E-state index is 11.2. The first-order valence-corrected chi connectivity index (χ1v) is 5.42. The van der Waals surface area contributed by atoms with Crippen molar-refractivity contribution in [2.24, 2.45) is 5.92 Å². The molecule has 0 aromatic heterocycles. The maximum Gasteiger partial charge on any atom is 0.160 e. The lowest BCUT2D eigenvalue weighted by Gasteiger charge is -2.22. The molecule has 3 heteroatoms. The van der Waals surface area contributed by atoms with Gasteiger partial charge in [0.25, 0.3) is 0 Å². The predicted octanol–water partition coefficient (Wildman–Crippen LogP) is 1.80. The quantitative estimate of drug-likeness (QED) is 0.678. The Hall–Kier alpha value is -0.410. The van der Waals surface area contributed by atoms with Crippen molar-refractivity contribution in [3.8, 4) is 0 Å². The fourth-order valence-corrected chi connectivity index (χ4v) is 1.40. The number of carbonyl (C=O) groups is 1. The molecule has 0 radical (unpaired) electrons. The highest BCUT2D eigenvalue weighted by molar-refractivity contribution is 5.81. The lowest BCUT2D eigenvalue weighted by molar-refractivity contribution is -0.128. The van der Waals surface area contributed by atoms with Gasteiger partial charge in [0.1, 0.15) is 6.61 Å². The smallest absolute Gasteiger partial charge is 0.160 e. The van der Waals surface area contributed by atoms with Gasteiger partial charge in [0.05, 0.1) is 12.7 Å². The zero-order valence-corrected chi connectivity index (χ0v) is 9.12. The number of hydrogen-bond donors (Lipinski definition) is 0. The summed E-state index contributed by atoms with van der Waals surface area (Å²) in [6.07, 6.45) is 3.65. The molecule has 0 saturated carbocycles. The number of Topliss-reactive ketones (excluding diaryl/α,β-unsaturated/α-hetero) is 1. The first-order valence-electron chi connectivity index (χ1n) is 5.42. The van der Waals surface area contributed by atoms with Crippen LogP contribution in [-0.4, -0.2) is 31.7 Å². The van der Waals surface area contributed by atoms with Crippen molar-refractivity contribution in [1.82, 2.24) is 0 Å². The molecular weight excluding hydrogens is 180 g/mol. The van der Waals surface area contributed by atoms with Crippen molar-refractivity contribution in [1.29, 1.82) is 0 Å². The molecule has 1 heterocycles. The van der Waals surface area contributed by atoms with Crippen LogP contribution in [0.3, 0.4) is 0 Å². The molecule has 1 unspecified atom stereocenters. The summed E-state index contributed by atoms with van der Waals surface area (Å²) < 4.78 is 10.8. The van der Waals surface area contributed by atoms with Crippen molar-refractivity contribution < 1.29 is 14.3 Å². The predicted molar refractivity (Wildman–Crippen MR) is 54.3 cm³/mol. The summed E-state index contributed by atoms with van der Waals surface area (Å²) in [5, 5.41) is 0. The molecule has 1 fully saturated rings. The van der Waals surface area contributed by atoms with Gasteiger partial charge in [0.15, 0.2) is 5.78 Å². The molecule has 82 valence electrons. The van der Waals surface area contributed by atoms with Crippen molar-refractivity contribution in [3.05, 3.63) is 0 Å². The van der Waals surface area contributed by atoms with Gasteiger partial charge in [0.2, 0.25) is 0 Å². The molecule has 0 spiro atoms. The fourth-order valence-electron chi connectivity index (χ4n) is 1.40. The maximum atomic E-state index is 11.2. The third-order valence-corrected chi connectivity index (χ3v) is 2.47. The Labute approximate surface area is 85.8 Å². The van der Waals surface area contributed by atoms with Crippen LogP contribution in [0.2, 0.25) is 0 Å². The Morgan fingerprint density at radius 1 is 1.50 bits per heavy atom. The number of carbonyl (C=O) groups excluding carboxylic acids is 1. The van der Waals surface area contributed by atoms with E-state index < -0.39 is 0 Å². The van der Waals surface area contributed by atoms with Crippen molar-refractivity contribution in [2.45, 2.75) is 39.2 Å². The topological polar surface area (TPSA) is 35.5 Å². The van der Waals surface area contributed by atoms with Gasteiger partial charge in [-0.1, -0.05) is 13.8 Å². The number of ketones is 1. The lowest BCUT2D eigenvalue weighted by atomic mass is 10.1. The van der Waals surface area contributed by atoms with Crippen LogP contribution in [-0.2, 0) is 14.3 Å². The van der Waals surface area contributed by atoms with E-state index in [1.807, 2.05) is 13.8 Å². The Bertz CT molecular complexity index is 171. The van der Waals surface area contributed by atoms with Gasteiger partial charge in [-0.2, -0.15) is 0 Å². The van der Waals surface area contributed by atoms with Crippen LogP contribution in [0.15, 0.2) is 0 Å². The van der Waals surface area contributed by atoms with Crippen LogP contribution >= 0.6 is 0 Å². The van der Waals surface area contributed by atoms with Crippen molar-refractivity contribution >= 4 is 5.78 Å². The normalized spacial score (nSPS) is 22.6. The first kappa shape index (κ1) is 11.7. The van der Waals surface area contributed by atoms with Gasteiger partial charge in [0, 0.05) is 12.5 Å². The summed E-state index contributed by atoms with van der Waals surface area (Å²) in [5.74, 6) is 0.239. The van der Waals surface area contributed by atoms with Gasteiger partial charge >= 0.3 is 0 Å². The lowest BCUT2D eigenvalue weighted by Crippen LogP contribution is -2.26. The first-order chi connectivity index (χ1) is 6.70. The second-order valence-electron chi connectivity index (χ2n) is 4.12. The summed E-state index contributed by atoms with van der Waals surface area (Å²) in [7, 11) is 0. The van der Waals surface area contributed by atoms with E-state index in [1.165, 1.54) is 6.42 Å². The Morgan fingerprint density at radius 3 is 2.86 bits per heavy atom. The summed E-state index contributed by atoms with van der Waals surface area (Å²) >= 11 is 0. The molecular formula is C11H20O3. The summed E-state index contributed by atoms with van der Waals surface area (Å²) in [5.41, 5.74) is 0. The van der Waals surface area contributed by atoms with E-state index in [-0.39, 0.29) is 24.4 Å². The third kappa shape index (κ3) is 4.20. The van der Waals surface area contributed by atoms with Crippen LogP contribution in [0.4, 0.5) is 0 Å². The number of hydrogen-bond acceptors (Lipinski definition) is 3. The van der Waals surface area contributed by atoms with E-state index >= 15 is 0 Å². The molecule has 0 amide bonds. The zero-order valence-electron chi connectivity index (χ0n) is 9.12. The average Bonchev–Trinajstić information content (AvgIpc) is 2.19. The summed E-state index contributed by atoms with van der Waals surface area (Å²) in [4.78, 5) is 11.2. The molecule has 1 saturated heterocycles. The molecule has 1 aliphatic rings. The molecule has 0 aromatic rings. The minimum Gasteiger partial charge on any atom is -0.376 e. The molecule has 1 aliphatic heterocycles. The van der Waals surface area contributed by atoms with Crippen LogP contribution in [0.1, 0.15) is 33.1 Å². The molecule has 14 heavy (non-hydrogen) atoms. The summed E-state index contributed by atoms with van der Waals surface area (Å²) in [6, 6.07) is 0. The molecule has 1 atom stereocenters. The Kier molecular flexibility index (Phi) is 5.12. The average molecular weight is 200 g/mol. The van der Waals surface area contributed by atoms with Crippen molar-refractivity contribution in [3.63, 3.8) is 0 Å². The Balaban J connectivity index is 2.05. The number of ether oxygens (including phenoxy) is 2. The van der Waals surface area contributed by atoms with Gasteiger partial charge in [-0.25, -0.2) is 0 Å². The van der Waals surface area contributed by atoms with E-state index in [2.05, 4.69) is 0 Å². The van der Waals surface area contributed by atoms with E-state index in [1.54, 1.807) is 0 Å². The van der Waals surface area contributed by atoms with Gasteiger partial charge < -0.3 is 9.47 Å². The van der Waals surface area contributed by atoms with Crippen LogP contribution < -0.4 is 0 Å². The van der Waals surface area contributed by atoms with E-state index in [0.717, 1.165) is 19.4 Å². The largest absolute Gasteiger partial charge is 0.376 e. The van der Waals surface area contributed by atoms with Gasteiger partial charge in [-0.05, 0) is 19.3 Å². The SMILES string of the molecule is CC(C)C(=O)COCC1CCCCO1. The monoisotopic (exact) mass is 200 g/mol. The summed E-state index contributed by atoms with van der Waals surface area (Å²) in [6.45, 7) is 5.42. The third-order valence-electron chi connectivity index (χ3n) is 2.47. The molecule has 1 rings (SSSR count). The standard InChI is InChI=1S/C11H20O3/c1-9(2)11(12)8-13-7-10-5-3-4-6-14-10/h9-10H,3-8H2,1-2H3. The Morgan fingerprint density at radius 2 is 2.29 bits per heavy atom. The van der Waals surface area contributed by atoms with Crippen LogP contribution in [0.5, 0.6) is 0 Å². The second kappa shape index (κ2) is 6.14. The van der Waals surface area contributed by atoms with E-state index in [0.29, 0.717) is 6.61 Å². The minimum atomic E-state index is 0.0716. The van der Waals surface area contributed by atoms with Gasteiger partial charge in [-0.15, -0.1) is 0 Å². The van der Waals surface area contributed by atoms with Gasteiger partial charge in [-0.3, -0.25) is 4.79 Å². The van der Waals surface area contributed by atoms with Crippen LogP contribution in [0, 0.1) is 5.92 Å². The highest BCUT2D eigenvalue weighted by atomic mass is 16.5. The highest BCUT2D eigenvalue weighted by Gasteiger charge is 2.15. The molecule has 3 nitrogen and oxygen atoms in total. The molecule has 0 bridgehead atoms. The fraction of sp³-hybridized carbons (Fsp3) is 0.909. The van der Waals surface area contributed by atoms with Crippen LogP contribution in [0.25, 0.3) is 0 Å². The van der Waals surface area contributed by atoms with E-state index in [4.69, 9.17) is 9.47 Å². The minimum absolute atomic E-state index is 0.0716.